The number of amides is 1. The summed E-state index contributed by atoms with van der Waals surface area (Å²) in [5, 5.41) is 3.37. The first-order valence-corrected chi connectivity index (χ1v) is 8.47. The maximum atomic E-state index is 12.0. The summed E-state index contributed by atoms with van der Waals surface area (Å²) >= 11 is 0. The number of carbonyl (C=O) groups is 1. The van der Waals surface area contributed by atoms with Gasteiger partial charge in [0.2, 0.25) is 5.95 Å². The molecule has 126 valence electrons. The number of hydrogen-bond donors (Lipinski definition) is 1. The molecule has 1 amide bonds. The van der Waals surface area contributed by atoms with Crippen LogP contribution in [0.2, 0.25) is 0 Å². The molecule has 0 radical (unpaired) electrons. The average Bonchev–Trinajstić information content (AvgIpc) is 3.32. The van der Waals surface area contributed by atoms with E-state index in [0.717, 1.165) is 12.8 Å². The minimum Gasteiger partial charge on any atom is -0.444 e. The van der Waals surface area contributed by atoms with E-state index in [1.807, 2.05) is 33.2 Å². The van der Waals surface area contributed by atoms with Crippen molar-refractivity contribution in [1.82, 2.24) is 14.9 Å². The van der Waals surface area contributed by atoms with Gasteiger partial charge in [-0.3, -0.25) is 0 Å². The summed E-state index contributed by atoms with van der Waals surface area (Å²) < 4.78 is 5.41. The van der Waals surface area contributed by atoms with E-state index in [9.17, 15) is 4.79 Å². The van der Waals surface area contributed by atoms with Crippen LogP contribution in [0.15, 0.2) is 12.4 Å². The third-order valence-electron chi connectivity index (χ3n) is 4.20. The number of hydrogen-bond acceptors (Lipinski definition) is 5. The van der Waals surface area contributed by atoms with Crippen LogP contribution in [0, 0.1) is 0 Å². The number of likely N-dealkylation sites (tertiary alicyclic amines) is 1. The summed E-state index contributed by atoms with van der Waals surface area (Å²) in [6, 6.07) is 0.306. The lowest BCUT2D eigenvalue weighted by atomic mass is 10.1. The van der Waals surface area contributed by atoms with Gasteiger partial charge >= 0.3 is 6.09 Å². The SMILES string of the molecule is CC(C)(C)OC(=O)N1CCC(Nc2ncc(C3CC3)cn2)CC1. The molecule has 1 aliphatic carbocycles. The Morgan fingerprint density at radius 2 is 1.78 bits per heavy atom. The molecule has 3 rings (SSSR count). The van der Waals surface area contributed by atoms with E-state index in [2.05, 4.69) is 15.3 Å². The zero-order valence-electron chi connectivity index (χ0n) is 14.2. The first-order chi connectivity index (χ1) is 10.9. The molecule has 2 aliphatic rings. The molecule has 1 saturated carbocycles. The third kappa shape index (κ3) is 4.56. The van der Waals surface area contributed by atoms with Crippen molar-refractivity contribution in [2.24, 2.45) is 0 Å². The molecule has 0 bridgehead atoms. The smallest absolute Gasteiger partial charge is 0.410 e. The third-order valence-corrected chi connectivity index (χ3v) is 4.20. The fourth-order valence-electron chi connectivity index (χ4n) is 2.76. The molecule has 6 heteroatoms. The Labute approximate surface area is 137 Å². The molecule has 0 aromatic carbocycles. The van der Waals surface area contributed by atoms with Gasteiger partial charge in [-0.15, -0.1) is 0 Å². The van der Waals surface area contributed by atoms with Gasteiger partial charge < -0.3 is 15.0 Å². The van der Waals surface area contributed by atoms with Gasteiger partial charge in [-0.25, -0.2) is 14.8 Å². The van der Waals surface area contributed by atoms with Gasteiger partial charge in [0.05, 0.1) is 0 Å². The van der Waals surface area contributed by atoms with Gasteiger partial charge in [-0.05, 0) is 57.9 Å². The van der Waals surface area contributed by atoms with Gasteiger partial charge in [-0.1, -0.05) is 0 Å². The Balaban J connectivity index is 1.46. The quantitative estimate of drug-likeness (QED) is 0.927. The van der Waals surface area contributed by atoms with Crippen LogP contribution in [0.25, 0.3) is 0 Å². The lowest BCUT2D eigenvalue weighted by Crippen LogP contribution is -2.44. The van der Waals surface area contributed by atoms with E-state index in [0.29, 0.717) is 31.0 Å². The Morgan fingerprint density at radius 3 is 2.30 bits per heavy atom. The largest absolute Gasteiger partial charge is 0.444 e. The Bertz CT molecular complexity index is 541. The van der Waals surface area contributed by atoms with E-state index >= 15 is 0 Å². The van der Waals surface area contributed by atoms with Crippen molar-refractivity contribution in [3.8, 4) is 0 Å². The Kier molecular flexibility index (Phi) is 4.41. The number of anilines is 1. The highest BCUT2D eigenvalue weighted by molar-refractivity contribution is 5.68. The van der Waals surface area contributed by atoms with Crippen LogP contribution in [-0.4, -0.2) is 45.7 Å². The topological polar surface area (TPSA) is 67.3 Å². The van der Waals surface area contributed by atoms with Crippen LogP contribution in [-0.2, 0) is 4.74 Å². The van der Waals surface area contributed by atoms with E-state index in [4.69, 9.17) is 4.74 Å². The second kappa shape index (κ2) is 6.34. The molecule has 0 atom stereocenters. The van der Waals surface area contributed by atoms with Crippen LogP contribution in [0.1, 0.15) is 57.9 Å². The standard InChI is InChI=1S/C17H26N4O2/c1-17(2,3)23-16(22)21-8-6-14(7-9-21)20-15-18-10-13(11-19-15)12-4-5-12/h10-12,14H,4-9H2,1-3H3,(H,18,19,20). The number of nitrogens with one attached hydrogen (secondary N) is 1. The molecular weight excluding hydrogens is 292 g/mol. The molecule has 1 aromatic heterocycles. The highest BCUT2D eigenvalue weighted by Crippen LogP contribution is 2.39. The van der Waals surface area contributed by atoms with Gasteiger partial charge in [0.15, 0.2) is 0 Å². The minimum atomic E-state index is -0.441. The number of carbonyl (C=O) groups excluding carboxylic acids is 1. The van der Waals surface area contributed by atoms with Crippen LogP contribution in [0.4, 0.5) is 10.7 Å². The van der Waals surface area contributed by atoms with E-state index in [1.165, 1.54) is 18.4 Å². The lowest BCUT2D eigenvalue weighted by Gasteiger charge is -2.33. The van der Waals surface area contributed by atoms with Crippen molar-refractivity contribution in [3.05, 3.63) is 18.0 Å². The Morgan fingerprint density at radius 1 is 1.17 bits per heavy atom. The molecule has 1 saturated heterocycles. The van der Waals surface area contributed by atoms with Gasteiger partial charge in [0, 0.05) is 31.5 Å². The Hall–Kier alpha value is -1.85. The number of aromatic nitrogens is 2. The molecule has 2 heterocycles. The number of nitrogens with zero attached hydrogens (tertiary/aromatic N) is 3. The number of ether oxygens (including phenoxy) is 1. The van der Waals surface area contributed by atoms with Crippen LogP contribution in [0.5, 0.6) is 0 Å². The highest BCUT2D eigenvalue weighted by atomic mass is 16.6. The summed E-state index contributed by atoms with van der Waals surface area (Å²) in [6.07, 6.45) is 7.94. The second-order valence-electron chi connectivity index (χ2n) is 7.50. The summed E-state index contributed by atoms with van der Waals surface area (Å²) in [7, 11) is 0. The summed E-state index contributed by atoms with van der Waals surface area (Å²) in [4.78, 5) is 22.6. The molecule has 1 aliphatic heterocycles. The predicted molar refractivity (Wildman–Crippen MR) is 88.5 cm³/mol. The van der Waals surface area contributed by atoms with Gasteiger partial charge in [0.25, 0.3) is 0 Å². The van der Waals surface area contributed by atoms with E-state index < -0.39 is 5.60 Å². The molecule has 6 nitrogen and oxygen atoms in total. The highest BCUT2D eigenvalue weighted by Gasteiger charge is 2.27. The maximum absolute atomic E-state index is 12.0. The van der Waals surface area contributed by atoms with Crippen molar-refractivity contribution in [3.63, 3.8) is 0 Å². The van der Waals surface area contributed by atoms with Crippen LogP contribution >= 0.6 is 0 Å². The number of piperidine rings is 1. The normalized spacial score (nSPS) is 19.5. The predicted octanol–water partition coefficient (Wildman–Crippen LogP) is 3.17. The van der Waals surface area contributed by atoms with E-state index in [-0.39, 0.29) is 6.09 Å². The molecule has 1 N–H and O–H groups in total. The summed E-state index contributed by atoms with van der Waals surface area (Å²) in [5.74, 6) is 1.37. The molecule has 0 unspecified atom stereocenters. The van der Waals surface area contributed by atoms with Crippen molar-refractivity contribution in [2.45, 2.75) is 64.0 Å². The van der Waals surface area contributed by atoms with Crippen molar-refractivity contribution < 1.29 is 9.53 Å². The zero-order valence-corrected chi connectivity index (χ0v) is 14.2. The summed E-state index contributed by atoms with van der Waals surface area (Å²) in [6.45, 7) is 7.07. The lowest BCUT2D eigenvalue weighted by molar-refractivity contribution is 0.0210. The minimum absolute atomic E-state index is 0.221. The fraction of sp³-hybridized carbons (Fsp3) is 0.706. The molecule has 2 fully saturated rings. The van der Waals surface area contributed by atoms with Gasteiger partial charge in [0.1, 0.15) is 5.60 Å². The average molecular weight is 318 g/mol. The molecule has 1 aromatic rings. The summed E-state index contributed by atoms with van der Waals surface area (Å²) in [5.41, 5.74) is 0.804. The second-order valence-corrected chi connectivity index (χ2v) is 7.50. The molecule has 0 spiro atoms. The monoisotopic (exact) mass is 318 g/mol. The number of rotatable bonds is 3. The van der Waals surface area contributed by atoms with Crippen molar-refractivity contribution in [2.75, 3.05) is 18.4 Å². The zero-order chi connectivity index (χ0) is 16.4. The molecular formula is C17H26N4O2. The fourth-order valence-corrected chi connectivity index (χ4v) is 2.76. The van der Waals surface area contributed by atoms with E-state index in [1.54, 1.807) is 4.90 Å². The van der Waals surface area contributed by atoms with Crippen LogP contribution in [0.3, 0.4) is 0 Å². The van der Waals surface area contributed by atoms with Crippen molar-refractivity contribution >= 4 is 12.0 Å². The van der Waals surface area contributed by atoms with Crippen LogP contribution < -0.4 is 5.32 Å². The van der Waals surface area contributed by atoms with Gasteiger partial charge in [-0.2, -0.15) is 0 Å². The first kappa shape index (κ1) is 16.0. The first-order valence-electron chi connectivity index (χ1n) is 8.47. The van der Waals surface area contributed by atoms with Crippen molar-refractivity contribution in [1.29, 1.82) is 0 Å². The maximum Gasteiger partial charge on any atom is 0.410 e. The molecule has 23 heavy (non-hydrogen) atoms.